The van der Waals surface area contributed by atoms with Gasteiger partial charge in [0.15, 0.2) is 0 Å². The van der Waals surface area contributed by atoms with E-state index in [2.05, 4.69) is 15.9 Å². The maximum Gasteiger partial charge on any atom is 0.227 e. The van der Waals surface area contributed by atoms with Crippen LogP contribution < -0.4 is 21.3 Å². The van der Waals surface area contributed by atoms with Crippen LogP contribution >= 0.6 is 0 Å². The molecule has 8 heteroatoms. The van der Waals surface area contributed by atoms with Crippen molar-refractivity contribution in [1.82, 2.24) is 9.97 Å². The van der Waals surface area contributed by atoms with Gasteiger partial charge in [0.1, 0.15) is 5.82 Å². The molecule has 0 atom stereocenters. The standard InChI is InChI=1S/C22H30N6O2/c23-19(29)13-15-5-9-27(10-6-15)21-17-3-1-2-4-18(17)25-22(26-21)28-11-7-16(8-12-28)14-20(24)30/h1-4,15-16H,5-14H2,(H2,23,29)(H2,24,30). The molecule has 0 spiro atoms. The zero-order valence-corrected chi connectivity index (χ0v) is 17.3. The van der Waals surface area contributed by atoms with Crippen molar-refractivity contribution in [3.05, 3.63) is 24.3 Å². The molecular formula is C22H30N6O2. The molecule has 2 aliphatic heterocycles. The Balaban J connectivity index is 1.54. The first-order valence-corrected chi connectivity index (χ1v) is 10.8. The van der Waals surface area contributed by atoms with Crippen LogP contribution in [0.5, 0.6) is 0 Å². The number of benzene rings is 1. The number of nitrogens with two attached hydrogens (primary N) is 2. The van der Waals surface area contributed by atoms with Crippen LogP contribution in [0.1, 0.15) is 38.5 Å². The predicted octanol–water partition coefficient (Wildman–Crippen LogP) is 1.81. The minimum atomic E-state index is -0.225. The predicted molar refractivity (Wildman–Crippen MR) is 117 cm³/mol. The van der Waals surface area contributed by atoms with E-state index in [-0.39, 0.29) is 11.8 Å². The zero-order valence-electron chi connectivity index (χ0n) is 17.3. The number of carbonyl (C=O) groups is 2. The summed E-state index contributed by atoms with van der Waals surface area (Å²) in [7, 11) is 0. The number of piperidine rings is 2. The molecule has 2 saturated heterocycles. The lowest BCUT2D eigenvalue weighted by molar-refractivity contribution is -0.119. The summed E-state index contributed by atoms with van der Waals surface area (Å²) in [6.07, 6.45) is 4.64. The number of hydrogen-bond acceptors (Lipinski definition) is 6. The zero-order chi connectivity index (χ0) is 21.1. The van der Waals surface area contributed by atoms with Gasteiger partial charge in [-0.2, -0.15) is 4.98 Å². The molecule has 0 unspecified atom stereocenters. The summed E-state index contributed by atoms with van der Waals surface area (Å²) < 4.78 is 0. The molecule has 2 aromatic rings. The van der Waals surface area contributed by atoms with Crippen LogP contribution in [-0.4, -0.2) is 48.0 Å². The Morgan fingerprint density at radius 3 is 1.93 bits per heavy atom. The molecule has 8 nitrogen and oxygen atoms in total. The minimum Gasteiger partial charge on any atom is -0.370 e. The van der Waals surface area contributed by atoms with Crippen molar-refractivity contribution in [1.29, 1.82) is 0 Å². The summed E-state index contributed by atoms with van der Waals surface area (Å²) in [4.78, 5) is 36.8. The third-order valence-corrected chi connectivity index (χ3v) is 6.36. The first-order valence-electron chi connectivity index (χ1n) is 10.8. The van der Waals surface area contributed by atoms with Gasteiger partial charge in [0.25, 0.3) is 0 Å². The third-order valence-electron chi connectivity index (χ3n) is 6.36. The van der Waals surface area contributed by atoms with Gasteiger partial charge in [-0.25, -0.2) is 4.98 Å². The molecule has 1 aromatic heterocycles. The smallest absolute Gasteiger partial charge is 0.227 e. The van der Waals surface area contributed by atoms with E-state index in [9.17, 15) is 9.59 Å². The second-order valence-corrected chi connectivity index (χ2v) is 8.57. The number of aromatic nitrogens is 2. The van der Waals surface area contributed by atoms with Gasteiger partial charge in [-0.1, -0.05) is 12.1 Å². The Morgan fingerprint density at radius 2 is 1.37 bits per heavy atom. The van der Waals surface area contributed by atoms with Gasteiger partial charge in [0.2, 0.25) is 17.8 Å². The van der Waals surface area contributed by atoms with Crippen molar-refractivity contribution < 1.29 is 9.59 Å². The largest absolute Gasteiger partial charge is 0.370 e. The number of anilines is 2. The Kier molecular flexibility index (Phi) is 6.01. The van der Waals surface area contributed by atoms with Gasteiger partial charge in [0, 0.05) is 44.4 Å². The number of carbonyl (C=O) groups excluding carboxylic acids is 2. The number of fused-ring (bicyclic) bond motifs is 1. The summed E-state index contributed by atoms with van der Waals surface area (Å²) in [5, 5.41) is 1.05. The summed E-state index contributed by atoms with van der Waals surface area (Å²) in [5.74, 6) is 1.98. The molecule has 160 valence electrons. The van der Waals surface area contributed by atoms with Gasteiger partial charge < -0.3 is 21.3 Å². The normalized spacial score (nSPS) is 18.7. The topological polar surface area (TPSA) is 118 Å². The number of rotatable bonds is 6. The van der Waals surface area contributed by atoms with E-state index in [0.717, 1.165) is 74.5 Å². The highest BCUT2D eigenvalue weighted by atomic mass is 16.1. The molecule has 3 heterocycles. The fourth-order valence-electron chi connectivity index (χ4n) is 4.69. The second kappa shape index (κ2) is 8.85. The molecule has 2 aliphatic rings. The number of hydrogen-bond donors (Lipinski definition) is 2. The Labute approximate surface area is 176 Å². The van der Waals surface area contributed by atoms with E-state index in [0.29, 0.717) is 24.7 Å². The monoisotopic (exact) mass is 410 g/mol. The van der Waals surface area contributed by atoms with Gasteiger partial charge in [0.05, 0.1) is 5.52 Å². The number of primary amides is 2. The highest BCUT2D eigenvalue weighted by Gasteiger charge is 2.26. The van der Waals surface area contributed by atoms with Crippen molar-refractivity contribution in [2.75, 3.05) is 36.0 Å². The third kappa shape index (κ3) is 4.63. The molecule has 0 saturated carbocycles. The summed E-state index contributed by atoms with van der Waals surface area (Å²) >= 11 is 0. The number of amides is 2. The molecule has 1 aromatic carbocycles. The average molecular weight is 411 g/mol. The summed E-state index contributed by atoms with van der Waals surface area (Å²) in [6.45, 7) is 3.38. The van der Waals surface area contributed by atoms with E-state index < -0.39 is 0 Å². The molecule has 4 N–H and O–H groups in total. The molecule has 0 bridgehead atoms. The Bertz CT molecular complexity index is 917. The quantitative estimate of drug-likeness (QED) is 0.750. The Morgan fingerprint density at radius 1 is 0.833 bits per heavy atom. The van der Waals surface area contributed by atoms with E-state index in [1.807, 2.05) is 18.2 Å². The lowest BCUT2D eigenvalue weighted by Gasteiger charge is -2.35. The van der Waals surface area contributed by atoms with Gasteiger partial charge in [-0.15, -0.1) is 0 Å². The minimum absolute atomic E-state index is 0.219. The first-order chi connectivity index (χ1) is 14.5. The fraction of sp³-hybridized carbons (Fsp3) is 0.545. The van der Waals surface area contributed by atoms with Crippen LogP contribution in [0.25, 0.3) is 10.9 Å². The second-order valence-electron chi connectivity index (χ2n) is 8.57. The molecule has 0 radical (unpaired) electrons. The maximum atomic E-state index is 11.3. The van der Waals surface area contributed by atoms with Crippen LogP contribution in [0.4, 0.5) is 11.8 Å². The molecule has 30 heavy (non-hydrogen) atoms. The van der Waals surface area contributed by atoms with E-state index >= 15 is 0 Å². The fourth-order valence-corrected chi connectivity index (χ4v) is 4.69. The molecule has 2 fully saturated rings. The van der Waals surface area contributed by atoms with Crippen molar-refractivity contribution in [2.24, 2.45) is 23.3 Å². The van der Waals surface area contributed by atoms with E-state index in [1.54, 1.807) is 0 Å². The Hall–Kier alpha value is -2.90. The summed E-state index contributed by atoms with van der Waals surface area (Å²) in [6, 6.07) is 8.12. The molecule has 0 aliphatic carbocycles. The van der Waals surface area contributed by atoms with Gasteiger partial charge in [-0.3, -0.25) is 9.59 Å². The SMILES string of the molecule is NC(=O)CC1CCN(c2nc(N3CCC(CC(N)=O)CC3)c3ccccc3n2)CC1. The molecular weight excluding hydrogens is 380 g/mol. The van der Waals surface area contributed by atoms with E-state index in [1.165, 1.54) is 0 Å². The van der Waals surface area contributed by atoms with Crippen molar-refractivity contribution in [3.8, 4) is 0 Å². The van der Waals surface area contributed by atoms with Crippen LogP contribution in [0.3, 0.4) is 0 Å². The van der Waals surface area contributed by atoms with Gasteiger partial charge in [-0.05, 0) is 49.7 Å². The number of para-hydroxylation sites is 1. The molecule has 2 amide bonds. The number of nitrogens with zero attached hydrogens (tertiary/aromatic N) is 4. The van der Waals surface area contributed by atoms with E-state index in [4.69, 9.17) is 21.4 Å². The summed E-state index contributed by atoms with van der Waals surface area (Å²) in [5.41, 5.74) is 11.7. The van der Waals surface area contributed by atoms with Crippen LogP contribution in [0.15, 0.2) is 24.3 Å². The van der Waals surface area contributed by atoms with Crippen molar-refractivity contribution >= 4 is 34.5 Å². The lowest BCUT2D eigenvalue weighted by atomic mass is 9.93. The van der Waals surface area contributed by atoms with Crippen LogP contribution in [0.2, 0.25) is 0 Å². The lowest BCUT2D eigenvalue weighted by Crippen LogP contribution is -2.38. The average Bonchev–Trinajstić information content (AvgIpc) is 2.73. The van der Waals surface area contributed by atoms with Crippen molar-refractivity contribution in [2.45, 2.75) is 38.5 Å². The highest BCUT2D eigenvalue weighted by molar-refractivity contribution is 5.90. The van der Waals surface area contributed by atoms with Crippen LogP contribution in [0, 0.1) is 11.8 Å². The molecule has 4 rings (SSSR count). The first kappa shape index (κ1) is 20.4. The van der Waals surface area contributed by atoms with Crippen LogP contribution in [-0.2, 0) is 9.59 Å². The maximum absolute atomic E-state index is 11.3. The van der Waals surface area contributed by atoms with Crippen molar-refractivity contribution in [3.63, 3.8) is 0 Å². The van der Waals surface area contributed by atoms with Gasteiger partial charge >= 0.3 is 0 Å². The highest BCUT2D eigenvalue weighted by Crippen LogP contribution is 2.32.